The average Bonchev–Trinajstić information content (AvgIpc) is 3.03. The summed E-state index contributed by atoms with van der Waals surface area (Å²) in [7, 11) is 1.58. The van der Waals surface area contributed by atoms with Crippen molar-refractivity contribution in [3.05, 3.63) is 65.0 Å². The van der Waals surface area contributed by atoms with E-state index in [4.69, 9.17) is 9.47 Å². The Morgan fingerprint density at radius 2 is 2.00 bits per heavy atom. The molecule has 1 aliphatic heterocycles. The maximum Gasteiger partial charge on any atom is 0.295 e. The zero-order valence-corrected chi connectivity index (χ0v) is 18.1. The molecule has 1 aliphatic rings. The van der Waals surface area contributed by atoms with E-state index in [9.17, 15) is 14.7 Å². The number of hydrogen-bond donors (Lipinski definition) is 1. The van der Waals surface area contributed by atoms with Crippen molar-refractivity contribution in [2.24, 2.45) is 0 Å². The van der Waals surface area contributed by atoms with Crippen LogP contribution in [0.15, 0.2) is 48.2 Å². The van der Waals surface area contributed by atoms with Crippen LogP contribution in [-0.2, 0) is 14.3 Å². The molecule has 0 radical (unpaired) electrons. The Morgan fingerprint density at radius 1 is 1.19 bits per heavy atom. The number of nitrogens with zero attached hydrogens (tertiary/aromatic N) is 2. The highest BCUT2D eigenvalue weighted by Crippen LogP contribution is 2.39. The maximum atomic E-state index is 12.9. The molecule has 1 atom stereocenters. The van der Waals surface area contributed by atoms with Gasteiger partial charge in [0.05, 0.1) is 17.9 Å². The molecular weight excluding hydrogens is 396 g/mol. The lowest BCUT2D eigenvalue weighted by atomic mass is 9.97. The van der Waals surface area contributed by atoms with Gasteiger partial charge in [-0.3, -0.25) is 14.6 Å². The molecular formula is C24H28N2O5. The van der Waals surface area contributed by atoms with Crippen molar-refractivity contribution in [1.82, 2.24) is 9.88 Å². The standard InChI is InChI=1S/C24H28N2O5/c1-4-13-31-19-10-9-17(15-16(19)2)22(27)20-21(18-8-5-6-11-25-18)26(12-7-14-30-3)24(29)23(20)28/h5-6,8-11,15,21,27H,4,7,12-14H2,1-3H3/b22-20-. The fourth-order valence-electron chi connectivity index (χ4n) is 3.66. The summed E-state index contributed by atoms with van der Waals surface area (Å²) < 4.78 is 10.8. The Kier molecular flexibility index (Phi) is 7.41. The van der Waals surface area contributed by atoms with Gasteiger partial charge in [-0.15, -0.1) is 0 Å². The quantitative estimate of drug-likeness (QED) is 0.286. The van der Waals surface area contributed by atoms with Crippen molar-refractivity contribution in [2.45, 2.75) is 32.7 Å². The van der Waals surface area contributed by atoms with Gasteiger partial charge in [0.2, 0.25) is 0 Å². The molecule has 0 saturated carbocycles. The van der Waals surface area contributed by atoms with E-state index in [0.717, 1.165) is 17.7 Å². The SMILES string of the molecule is CCCOc1ccc(/C(O)=C2/C(=O)C(=O)N(CCCOC)C2c2ccccn2)cc1C. The predicted molar refractivity (Wildman–Crippen MR) is 117 cm³/mol. The average molecular weight is 424 g/mol. The molecule has 3 rings (SSSR count). The maximum absolute atomic E-state index is 12.9. The predicted octanol–water partition coefficient (Wildman–Crippen LogP) is 3.64. The number of aryl methyl sites for hydroxylation is 1. The van der Waals surface area contributed by atoms with Crippen LogP contribution in [0.1, 0.15) is 42.6 Å². The van der Waals surface area contributed by atoms with Crippen LogP contribution in [0, 0.1) is 6.92 Å². The number of amides is 1. The Hall–Kier alpha value is -3.19. The minimum absolute atomic E-state index is 0.0442. The number of ether oxygens (including phenoxy) is 2. The number of ketones is 1. The van der Waals surface area contributed by atoms with Crippen LogP contribution in [0.2, 0.25) is 0 Å². The summed E-state index contributed by atoms with van der Waals surface area (Å²) in [5, 5.41) is 11.1. The Balaban J connectivity index is 2.05. The first-order chi connectivity index (χ1) is 15.0. The molecule has 31 heavy (non-hydrogen) atoms. The van der Waals surface area contributed by atoms with Gasteiger partial charge in [-0.05, 0) is 55.7 Å². The third-order valence-corrected chi connectivity index (χ3v) is 5.17. The fourth-order valence-corrected chi connectivity index (χ4v) is 3.66. The van der Waals surface area contributed by atoms with Gasteiger partial charge in [-0.25, -0.2) is 0 Å². The van der Waals surface area contributed by atoms with E-state index < -0.39 is 17.7 Å². The lowest BCUT2D eigenvalue weighted by Crippen LogP contribution is -2.31. The van der Waals surface area contributed by atoms with Crippen molar-refractivity contribution in [3.63, 3.8) is 0 Å². The van der Waals surface area contributed by atoms with E-state index in [0.29, 0.717) is 37.4 Å². The fraction of sp³-hybridized carbons (Fsp3) is 0.375. The third-order valence-electron chi connectivity index (χ3n) is 5.17. The summed E-state index contributed by atoms with van der Waals surface area (Å²) in [5.74, 6) is -0.851. The summed E-state index contributed by atoms with van der Waals surface area (Å²) in [5.41, 5.74) is 1.86. The smallest absolute Gasteiger partial charge is 0.295 e. The van der Waals surface area contributed by atoms with E-state index in [2.05, 4.69) is 4.98 Å². The van der Waals surface area contributed by atoms with Gasteiger partial charge < -0.3 is 19.5 Å². The van der Waals surface area contributed by atoms with Gasteiger partial charge in [-0.2, -0.15) is 0 Å². The van der Waals surface area contributed by atoms with Crippen LogP contribution in [0.3, 0.4) is 0 Å². The van der Waals surface area contributed by atoms with Crippen molar-refractivity contribution in [2.75, 3.05) is 26.9 Å². The lowest BCUT2D eigenvalue weighted by Gasteiger charge is -2.24. The molecule has 164 valence electrons. The first kappa shape index (κ1) is 22.5. The molecule has 2 heterocycles. The van der Waals surface area contributed by atoms with E-state index >= 15 is 0 Å². The Bertz CT molecular complexity index is 971. The van der Waals surface area contributed by atoms with Crippen LogP contribution < -0.4 is 4.74 Å². The third kappa shape index (κ3) is 4.77. The number of methoxy groups -OCH3 is 1. The second kappa shape index (κ2) is 10.2. The molecule has 0 aliphatic carbocycles. The van der Waals surface area contributed by atoms with Gasteiger partial charge in [0, 0.05) is 32.0 Å². The van der Waals surface area contributed by atoms with Crippen LogP contribution in [0.4, 0.5) is 0 Å². The molecule has 1 saturated heterocycles. The number of benzene rings is 1. The topological polar surface area (TPSA) is 89.0 Å². The first-order valence-electron chi connectivity index (χ1n) is 10.4. The van der Waals surface area contributed by atoms with Gasteiger partial charge in [0.1, 0.15) is 17.6 Å². The molecule has 1 aromatic carbocycles. The minimum Gasteiger partial charge on any atom is -0.507 e. The summed E-state index contributed by atoms with van der Waals surface area (Å²) >= 11 is 0. The molecule has 0 spiro atoms. The number of aromatic nitrogens is 1. The lowest BCUT2D eigenvalue weighted by molar-refractivity contribution is -0.140. The normalized spacial score (nSPS) is 17.9. The number of hydrogen-bond acceptors (Lipinski definition) is 6. The summed E-state index contributed by atoms with van der Waals surface area (Å²) in [4.78, 5) is 31.6. The summed E-state index contributed by atoms with van der Waals surface area (Å²) in [6.45, 7) is 5.27. The van der Waals surface area contributed by atoms with Crippen molar-refractivity contribution < 1.29 is 24.2 Å². The van der Waals surface area contributed by atoms with E-state index in [1.165, 1.54) is 4.90 Å². The van der Waals surface area contributed by atoms with Crippen molar-refractivity contribution >= 4 is 17.4 Å². The highest BCUT2D eigenvalue weighted by Gasteiger charge is 2.46. The molecule has 7 heteroatoms. The highest BCUT2D eigenvalue weighted by atomic mass is 16.5. The second-order valence-corrected chi connectivity index (χ2v) is 7.42. The number of carbonyl (C=O) groups excluding carboxylic acids is 2. The molecule has 1 unspecified atom stereocenters. The Labute approximate surface area is 182 Å². The highest BCUT2D eigenvalue weighted by molar-refractivity contribution is 6.46. The van der Waals surface area contributed by atoms with Crippen LogP contribution >= 0.6 is 0 Å². The monoisotopic (exact) mass is 424 g/mol. The van der Waals surface area contributed by atoms with Crippen LogP contribution in [0.5, 0.6) is 5.75 Å². The molecule has 1 fully saturated rings. The minimum atomic E-state index is -0.755. The number of pyridine rings is 1. The summed E-state index contributed by atoms with van der Waals surface area (Å²) in [6, 6.07) is 9.77. The van der Waals surface area contributed by atoms with E-state index in [1.54, 1.807) is 49.7 Å². The van der Waals surface area contributed by atoms with Crippen LogP contribution in [-0.4, -0.2) is 53.5 Å². The first-order valence-corrected chi connectivity index (χ1v) is 10.4. The van der Waals surface area contributed by atoms with E-state index in [-0.39, 0.29) is 11.3 Å². The van der Waals surface area contributed by atoms with Gasteiger partial charge in [-0.1, -0.05) is 13.0 Å². The number of Topliss-reactive ketones (excluding diaryl/α,β-unsaturated/α-hetero) is 1. The number of carbonyl (C=O) groups is 2. The molecule has 7 nitrogen and oxygen atoms in total. The Morgan fingerprint density at radius 3 is 2.65 bits per heavy atom. The molecule has 1 amide bonds. The molecule has 2 aromatic rings. The molecule has 0 bridgehead atoms. The second-order valence-electron chi connectivity index (χ2n) is 7.42. The van der Waals surface area contributed by atoms with Gasteiger partial charge in [0.15, 0.2) is 0 Å². The zero-order valence-electron chi connectivity index (χ0n) is 18.1. The number of likely N-dealkylation sites (tertiary alicyclic amines) is 1. The molecule has 1 N–H and O–H groups in total. The van der Waals surface area contributed by atoms with E-state index in [1.807, 2.05) is 13.8 Å². The number of aliphatic hydroxyl groups excluding tert-OH is 1. The van der Waals surface area contributed by atoms with Crippen molar-refractivity contribution in [3.8, 4) is 5.75 Å². The zero-order chi connectivity index (χ0) is 22.4. The van der Waals surface area contributed by atoms with Gasteiger partial charge >= 0.3 is 0 Å². The molecule has 1 aromatic heterocycles. The number of rotatable bonds is 9. The number of aliphatic hydroxyl groups is 1. The van der Waals surface area contributed by atoms with Gasteiger partial charge in [0.25, 0.3) is 11.7 Å². The largest absolute Gasteiger partial charge is 0.507 e. The summed E-state index contributed by atoms with van der Waals surface area (Å²) in [6.07, 6.45) is 3.06. The van der Waals surface area contributed by atoms with Crippen molar-refractivity contribution in [1.29, 1.82) is 0 Å². The van der Waals surface area contributed by atoms with Crippen LogP contribution in [0.25, 0.3) is 5.76 Å².